The summed E-state index contributed by atoms with van der Waals surface area (Å²) in [6.07, 6.45) is -4.93. The van der Waals surface area contributed by atoms with Crippen LogP contribution < -0.4 is 10.6 Å². The van der Waals surface area contributed by atoms with Crippen molar-refractivity contribution in [3.05, 3.63) is 88.1 Å². The van der Waals surface area contributed by atoms with Crippen LogP contribution >= 0.6 is 0 Å². The van der Waals surface area contributed by atoms with Crippen LogP contribution in [-0.4, -0.2) is 26.2 Å². The van der Waals surface area contributed by atoms with Crippen LogP contribution in [0.3, 0.4) is 0 Å². The molecule has 2 aromatic carbocycles. The van der Waals surface area contributed by atoms with E-state index in [-0.39, 0.29) is 11.6 Å². The quantitative estimate of drug-likeness (QED) is 0.531. The maximum atomic E-state index is 14.2. The van der Waals surface area contributed by atoms with Crippen molar-refractivity contribution in [1.29, 1.82) is 5.26 Å². The highest BCUT2D eigenvalue weighted by Crippen LogP contribution is 2.44. The lowest BCUT2D eigenvalue weighted by Crippen LogP contribution is -2.41. The van der Waals surface area contributed by atoms with Gasteiger partial charge >= 0.3 is 18.1 Å². The molecule has 7 nitrogen and oxygen atoms in total. The second-order valence-electron chi connectivity index (χ2n) is 7.03. The van der Waals surface area contributed by atoms with Crippen molar-refractivity contribution in [1.82, 2.24) is 0 Å². The number of anilines is 1. The number of nitriles is 1. The number of rotatable bonds is 4. The number of nitrogens with zero attached hydrogens (tertiary/aromatic N) is 2. The Hall–Kier alpha value is -4.33. The SMILES string of the molecule is COC(=O)C1=C(C(=O)OC)N(c2cc(F)cc(C(F)(F)F)c2)C(N)=C(C#N)C1c1ccccc1. The zero-order valence-corrected chi connectivity index (χ0v) is 17.8. The van der Waals surface area contributed by atoms with Gasteiger partial charge in [0, 0.05) is 0 Å². The standard InChI is InChI=1S/C23H17F4N3O4/c1-33-21(31)18-17(12-6-4-3-5-7-12)16(11-28)20(29)30(19(18)22(32)34-2)15-9-13(23(25,26)27)8-14(24)10-15/h3-10,17H,29H2,1-2H3. The first-order chi connectivity index (χ1) is 16.0. The summed E-state index contributed by atoms with van der Waals surface area (Å²) in [4.78, 5) is 26.4. The van der Waals surface area contributed by atoms with E-state index in [1.165, 1.54) is 0 Å². The summed E-state index contributed by atoms with van der Waals surface area (Å²) < 4.78 is 63.9. The van der Waals surface area contributed by atoms with E-state index in [2.05, 4.69) is 0 Å². The minimum Gasteiger partial charge on any atom is -0.466 e. The molecule has 0 fully saturated rings. The summed E-state index contributed by atoms with van der Waals surface area (Å²) in [5, 5.41) is 9.89. The van der Waals surface area contributed by atoms with E-state index in [0.29, 0.717) is 22.6 Å². The number of benzene rings is 2. The van der Waals surface area contributed by atoms with E-state index < -0.39 is 58.2 Å². The first kappa shape index (κ1) is 24.3. The third-order valence-corrected chi connectivity index (χ3v) is 5.08. The number of methoxy groups -OCH3 is 2. The Morgan fingerprint density at radius 3 is 2.21 bits per heavy atom. The van der Waals surface area contributed by atoms with Crippen molar-refractivity contribution in [2.24, 2.45) is 5.73 Å². The van der Waals surface area contributed by atoms with Crippen LogP contribution in [0, 0.1) is 17.1 Å². The highest BCUT2D eigenvalue weighted by molar-refractivity contribution is 6.06. The molecule has 34 heavy (non-hydrogen) atoms. The lowest BCUT2D eigenvalue weighted by Gasteiger charge is -2.36. The molecule has 0 saturated carbocycles. The van der Waals surface area contributed by atoms with Crippen molar-refractivity contribution in [2.45, 2.75) is 12.1 Å². The summed E-state index contributed by atoms with van der Waals surface area (Å²) in [6.45, 7) is 0. The topological polar surface area (TPSA) is 106 Å². The molecular formula is C23H17F4N3O4. The fourth-order valence-corrected chi connectivity index (χ4v) is 3.65. The second-order valence-corrected chi connectivity index (χ2v) is 7.03. The molecule has 11 heteroatoms. The molecule has 0 bridgehead atoms. The van der Waals surface area contributed by atoms with Gasteiger partial charge < -0.3 is 15.2 Å². The number of carbonyl (C=O) groups is 2. The Kier molecular flexibility index (Phi) is 6.63. The van der Waals surface area contributed by atoms with Crippen molar-refractivity contribution >= 4 is 17.6 Å². The molecule has 1 aliphatic rings. The minimum atomic E-state index is -4.93. The van der Waals surface area contributed by atoms with Crippen LogP contribution in [0.2, 0.25) is 0 Å². The van der Waals surface area contributed by atoms with E-state index in [4.69, 9.17) is 15.2 Å². The Bertz CT molecular complexity index is 1250. The number of nitrogens with two attached hydrogens (primary N) is 1. The molecule has 0 radical (unpaired) electrons. The summed E-state index contributed by atoms with van der Waals surface area (Å²) in [5.74, 6) is -5.21. The van der Waals surface area contributed by atoms with E-state index in [1.807, 2.05) is 6.07 Å². The lowest BCUT2D eigenvalue weighted by atomic mass is 9.81. The molecule has 1 heterocycles. The molecule has 2 aromatic rings. The molecular weight excluding hydrogens is 458 g/mol. The summed E-state index contributed by atoms with van der Waals surface area (Å²) in [7, 11) is 2.00. The molecule has 2 N–H and O–H groups in total. The van der Waals surface area contributed by atoms with Gasteiger partial charge in [-0.3, -0.25) is 4.90 Å². The molecule has 0 spiro atoms. The predicted molar refractivity (Wildman–Crippen MR) is 111 cm³/mol. The fourth-order valence-electron chi connectivity index (χ4n) is 3.65. The van der Waals surface area contributed by atoms with E-state index in [9.17, 15) is 32.4 Å². The Balaban J connectivity index is 2.44. The number of ether oxygens (including phenoxy) is 2. The van der Waals surface area contributed by atoms with Gasteiger partial charge in [-0.15, -0.1) is 0 Å². The van der Waals surface area contributed by atoms with Gasteiger partial charge in [-0.2, -0.15) is 18.4 Å². The van der Waals surface area contributed by atoms with Gasteiger partial charge in [-0.25, -0.2) is 14.0 Å². The Morgan fingerprint density at radius 1 is 1.06 bits per heavy atom. The third-order valence-electron chi connectivity index (χ3n) is 5.08. The molecule has 3 rings (SSSR count). The lowest BCUT2D eigenvalue weighted by molar-refractivity contribution is -0.139. The number of hydrogen-bond acceptors (Lipinski definition) is 7. The summed E-state index contributed by atoms with van der Waals surface area (Å²) in [5.41, 5.74) is 3.33. The summed E-state index contributed by atoms with van der Waals surface area (Å²) >= 11 is 0. The van der Waals surface area contributed by atoms with Gasteiger partial charge in [-0.05, 0) is 23.8 Å². The van der Waals surface area contributed by atoms with Gasteiger partial charge in [-0.1, -0.05) is 30.3 Å². The first-order valence-corrected chi connectivity index (χ1v) is 9.58. The number of esters is 2. The van der Waals surface area contributed by atoms with Crippen molar-refractivity contribution < 1.29 is 36.6 Å². The van der Waals surface area contributed by atoms with Crippen LogP contribution in [0.15, 0.2) is 71.2 Å². The van der Waals surface area contributed by atoms with Crippen molar-refractivity contribution in [2.75, 3.05) is 19.1 Å². The van der Waals surface area contributed by atoms with E-state index in [1.54, 1.807) is 30.3 Å². The number of alkyl halides is 3. The third kappa shape index (κ3) is 4.30. The maximum absolute atomic E-state index is 14.2. The van der Waals surface area contributed by atoms with Crippen LogP contribution in [0.4, 0.5) is 23.2 Å². The number of hydrogen-bond donors (Lipinski definition) is 1. The van der Waals surface area contributed by atoms with Crippen LogP contribution in [-0.2, 0) is 25.2 Å². The van der Waals surface area contributed by atoms with Gasteiger partial charge in [0.15, 0.2) is 0 Å². The Labute approximate surface area is 191 Å². The molecule has 176 valence electrons. The zero-order chi connectivity index (χ0) is 25.2. The van der Waals surface area contributed by atoms with Crippen LogP contribution in [0.25, 0.3) is 0 Å². The Morgan fingerprint density at radius 2 is 1.68 bits per heavy atom. The van der Waals surface area contributed by atoms with Crippen molar-refractivity contribution in [3.63, 3.8) is 0 Å². The van der Waals surface area contributed by atoms with Gasteiger partial charge in [0.2, 0.25) is 0 Å². The first-order valence-electron chi connectivity index (χ1n) is 9.58. The highest BCUT2D eigenvalue weighted by atomic mass is 19.4. The minimum absolute atomic E-state index is 0.258. The largest absolute Gasteiger partial charge is 0.466 e. The maximum Gasteiger partial charge on any atom is 0.416 e. The molecule has 0 aromatic heterocycles. The fraction of sp³-hybridized carbons (Fsp3) is 0.174. The molecule has 0 amide bonds. The smallest absolute Gasteiger partial charge is 0.416 e. The monoisotopic (exact) mass is 475 g/mol. The summed E-state index contributed by atoms with van der Waals surface area (Å²) in [6, 6.07) is 11.3. The zero-order valence-electron chi connectivity index (χ0n) is 17.8. The molecule has 0 saturated heterocycles. The predicted octanol–water partition coefficient (Wildman–Crippen LogP) is 3.74. The van der Waals surface area contributed by atoms with E-state index >= 15 is 0 Å². The normalized spacial score (nSPS) is 16.3. The molecule has 1 aliphatic heterocycles. The average molecular weight is 475 g/mol. The highest BCUT2D eigenvalue weighted by Gasteiger charge is 2.43. The molecule has 1 atom stereocenters. The number of carbonyl (C=O) groups excluding carboxylic acids is 2. The molecule has 1 unspecified atom stereocenters. The average Bonchev–Trinajstić information content (AvgIpc) is 2.81. The van der Waals surface area contributed by atoms with Gasteiger partial charge in [0.1, 0.15) is 17.3 Å². The molecule has 0 aliphatic carbocycles. The van der Waals surface area contributed by atoms with Crippen LogP contribution in [0.1, 0.15) is 17.0 Å². The van der Waals surface area contributed by atoms with Gasteiger partial charge in [0.25, 0.3) is 0 Å². The van der Waals surface area contributed by atoms with E-state index in [0.717, 1.165) is 14.2 Å². The van der Waals surface area contributed by atoms with Gasteiger partial charge in [0.05, 0.1) is 48.6 Å². The van der Waals surface area contributed by atoms with Crippen LogP contribution in [0.5, 0.6) is 0 Å². The number of halogens is 4. The van der Waals surface area contributed by atoms with Crippen molar-refractivity contribution in [3.8, 4) is 6.07 Å². The number of allylic oxidation sites excluding steroid dienone is 1. The second kappa shape index (κ2) is 9.27.